The second-order valence-corrected chi connectivity index (χ2v) is 23.7. The van der Waals surface area contributed by atoms with Crippen LogP contribution in [0.15, 0.2) is 243 Å². The minimum Gasteiger partial charge on any atom is -0.195 e. The van der Waals surface area contributed by atoms with E-state index in [0.29, 0.717) is 0 Å². The van der Waals surface area contributed by atoms with E-state index >= 15 is 0 Å². The summed E-state index contributed by atoms with van der Waals surface area (Å²) in [5.41, 5.74) is 6.13. The number of ketones is 1. The molecule has 0 bridgehead atoms. The van der Waals surface area contributed by atoms with Crippen molar-refractivity contribution in [3.63, 3.8) is 0 Å². The molecule has 0 radical (unpaired) electrons. The molecule has 0 spiro atoms. The number of rotatable bonds is 10. The molecule has 0 atom stereocenters. The van der Waals surface area contributed by atoms with Crippen LogP contribution in [0.1, 0.15) is 10.4 Å². The Morgan fingerprint density at radius 2 is 0.589 bits per heavy atom. The van der Waals surface area contributed by atoms with Gasteiger partial charge in [-0.3, -0.25) is 0 Å². The summed E-state index contributed by atoms with van der Waals surface area (Å²) in [6, 6.07) is 85.4. The van der Waals surface area contributed by atoms with Crippen LogP contribution in [-0.2, 0) is 10.9 Å². The van der Waals surface area contributed by atoms with Crippen LogP contribution in [0.3, 0.4) is 0 Å². The molecule has 0 amide bonds. The van der Waals surface area contributed by atoms with E-state index in [0.717, 1.165) is 9.20 Å². The van der Waals surface area contributed by atoms with Crippen LogP contribution >= 0.6 is 0 Å². The van der Waals surface area contributed by atoms with Gasteiger partial charge in [0.1, 0.15) is 6.15 Å². The maximum atomic E-state index is 14.2. The Morgan fingerprint density at radius 1 is 0.357 bits per heavy atom. The second-order valence-electron chi connectivity index (χ2n) is 14.0. The van der Waals surface area contributed by atoms with Crippen LogP contribution in [0, 0.1) is 0 Å². The zero-order valence-corrected chi connectivity index (χ0v) is 34.6. The van der Waals surface area contributed by atoms with E-state index in [1.54, 1.807) is 0 Å². The molecule has 0 aliphatic rings. The van der Waals surface area contributed by atoms with Gasteiger partial charge in [0.05, 0.1) is 0 Å². The Labute approximate surface area is 338 Å². The molecule has 0 N–H and O–H groups in total. The molecule has 0 aromatic heterocycles. The van der Waals surface area contributed by atoms with E-state index < -0.39 is 19.3 Å². The molecule has 0 aliphatic heterocycles. The summed E-state index contributed by atoms with van der Waals surface area (Å²) in [5, 5.41) is 0. The van der Waals surface area contributed by atoms with Crippen molar-refractivity contribution in [3.05, 3.63) is 248 Å². The first-order valence-electron chi connectivity index (χ1n) is 19.1. The predicted octanol–water partition coefficient (Wildman–Crippen LogP) is 6.69. The van der Waals surface area contributed by atoms with Crippen LogP contribution in [0.4, 0.5) is 0 Å². The largest absolute Gasteiger partial charge is 0.195 e. The van der Waals surface area contributed by atoms with E-state index in [4.69, 9.17) is 0 Å². The summed E-state index contributed by atoms with van der Waals surface area (Å²) in [6.45, 7) is 0. The van der Waals surface area contributed by atoms with Gasteiger partial charge < -0.3 is 0 Å². The maximum Gasteiger partial charge on any atom is 0.108 e. The Hall–Kier alpha value is -5.73. The quantitative estimate of drug-likeness (QED) is 0.0857. The number of carbonyl (C=O) groups is 1. The molecule has 8 aromatic rings. The normalized spacial score (nSPS) is 11.3. The summed E-state index contributed by atoms with van der Waals surface area (Å²) in [4.78, 5) is 14.2. The van der Waals surface area contributed by atoms with Crippen molar-refractivity contribution in [2.75, 3.05) is 12.5 Å². The van der Waals surface area contributed by atoms with Crippen molar-refractivity contribution in [1.29, 1.82) is 0 Å². The van der Waals surface area contributed by atoms with Crippen molar-refractivity contribution in [3.8, 4) is 0 Å². The van der Waals surface area contributed by atoms with Crippen molar-refractivity contribution in [2.24, 2.45) is 0 Å². The summed E-state index contributed by atoms with van der Waals surface area (Å²) in [5.74, 6) is 0.179. The van der Waals surface area contributed by atoms with Crippen LogP contribution < -0.4 is 34.9 Å². The summed E-state index contributed by atoms with van der Waals surface area (Å²) >= 11 is -3.28. The van der Waals surface area contributed by atoms with E-state index in [-0.39, 0.29) is 16.7 Å². The molecular weight excluding hydrogens is 758 g/mol. The van der Waals surface area contributed by atoms with Crippen LogP contribution in [0.5, 0.6) is 0 Å². The third-order valence-electron chi connectivity index (χ3n) is 10.6. The Kier molecular flexibility index (Phi) is 12.6. The van der Waals surface area contributed by atoms with Crippen molar-refractivity contribution < 1.29 is 4.79 Å². The third-order valence-corrected chi connectivity index (χ3v) is 23.7. The molecule has 56 heavy (non-hydrogen) atoms. The van der Waals surface area contributed by atoms with Crippen molar-refractivity contribution in [2.45, 2.75) is 0 Å². The maximum absolute atomic E-state index is 14.2. The number of hydrogen-bond donors (Lipinski definition) is 0. The fourth-order valence-electron chi connectivity index (χ4n) is 8.20. The van der Waals surface area contributed by atoms with Crippen molar-refractivity contribution >= 4 is 74.5 Å². The zero-order chi connectivity index (χ0) is 38.6. The van der Waals surface area contributed by atoms with Gasteiger partial charge in [-0.1, -0.05) is 121 Å². The second kappa shape index (κ2) is 18.3. The van der Waals surface area contributed by atoms with Crippen LogP contribution in [0.2, 0.25) is 0 Å². The van der Waals surface area contributed by atoms with Crippen LogP contribution in [0.25, 0.3) is 0 Å². The fourth-order valence-corrected chi connectivity index (χ4v) is 22.5. The first kappa shape index (κ1) is 38.5. The molecule has 0 unspecified atom stereocenters. The predicted molar refractivity (Wildman–Crippen MR) is 249 cm³/mol. The molecule has 0 saturated carbocycles. The monoisotopic (exact) mass is 804 g/mol. The summed E-state index contributed by atoms with van der Waals surface area (Å²) < 4.78 is 4.91. The van der Waals surface area contributed by atoms with Gasteiger partial charge in [-0.25, -0.2) is 0 Å². The average Bonchev–Trinajstić information content (AvgIpc) is 3.28. The van der Waals surface area contributed by atoms with Gasteiger partial charge in [0.15, 0.2) is 0 Å². The van der Waals surface area contributed by atoms with Gasteiger partial charge >= 0.3 is 191 Å². The minimum atomic E-state index is -3.28. The Morgan fingerprint density at radius 3 is 0.839 bits per heavy atom. The molecule has 0 aliphatic carbocycles. The molecule has 1 nitrogen and oxygen atoms in total. The zero-order valence-electron chi connectivity index (χ0n) is 31.9. The molecule has 0 heterocycles. The molecule has 4 heteroatoms. The SMILES string of the molecule is C[S+](C)C(C(=O)c1ccccc1)=[As](c1ccccc1)(c1ccccc1)c1ccccc1.c1ccc([B-](c2ccccc2)(c2ccccc2)c2ccccc2)cc1. The van der Waals surface area contributed by atoms with E-state index in [1.807, 2.05) is 30.3 Å². The minimum absolute atomic E-state index is 0.179. The van der Waals surface area contributed by atoms with Gasteiger partial charge in [-0.15, -0.1) is 0 Å². The van der Waals surface area contributed by atoms with Gasteiger partial charge in [0.25, 0.3) is 0 Å². The summed E-state index contributed by atoms with van der Waals surface area (Å²) in [7, 11) is -0.211. The molecular formula is C52H46AsBOS. The van der Waals surface area contributed by atoms with E-state index in [2.05, 4.69) is 225 Å². The fraction of sp³-hybridized carbons (Fsp3) is 0.0385. The van der Waals surface area contributed by atoms with Gasteiger partial charge in [0.2, 0.25) is 0 Å². The Balaban J connectivity index is 0.000000175. The molecule has 274 valence electrons. The molecule has 0 saturated heterocycles. The van der Waals surface area contributed by atoms with Gasteiger partial charge in [-0.2, -0.15) is 21.9 Å². The third kappa shape index (κ3) is 7.71. The molecule has 8 rings (SSSR count). The number of hydrogen-bond acceptors (Lipinski definition) is 1. The molecule has 0 fully saturated rings. The van der Waals surface area contributed by atoms with E-state index in [1.165, 1.54) is 34.9 Å². The van der Waals surface area contributed by atoms with Crippen molar-refractivity contribution in [1.82, 2.24) is 0 Å². The topological polar surface area (TPSA) is 17.1 Å². The average molecular weight is 805 g/mol. The number of carbonyl (C=O) groups excluding carboxylic acids is 1. The standard InChI is InChI=1S/C28H26AsOS.C24H20B/c1-31(2)28(27(30)23-15-7-3-8-16-23)29(24-17-9-4-10-18-24,25-19-11-5-12-20-25)26-21-13-6-14-22-26;1-5-13-21(14-6-1)25(22-15-7-2-8-16-22,23-17-9-3-10-18-23)24-19-11-4-12-20-24/h3-22H,1-2H3;1-20H/q+1;-1. The van der Waals surface area contributed by atoms with Gasteiger partial charge in [0, 0.05) is 0 Å². The molecule has 8 aromatic carbocycles. The number of Topliss-reactive ketones (excluding diaryl/α,β-unsaturated/α-hetero) is 1. The first-order valence-corrected chi connectivity index (χ1v) is 24.9. The smallest absolute Gasteiger partial charge is 0.108 e. The number of benzene rings is 8. The summed E-state index contributed by atoms with van der Waals surface area (Å²) in [6.07, 6.45) is 3.18. The van der Waals surface area contributed by atoms with Crippen LogP contribution in [-0.4, -0.2) is 41.2 Å². The Bertz CT molecular complexity index is 2210. The van der Waals surface area contributed by atoms with Gasteiger partial charge in [-0.05, 0) is 0 Å². The first-order chi connectivity index (χ1) is 27.6. The van der Waals surface area contributed by atoms with E-state index in [9.17, 15) is 4.79 Å².